The van der Waals surface area contributed by atoms with E-state index in [0.717, 1.165) is 11.3 Å². The van der Waals surface area contributed by atoms with Crippen LogP contribution in [0.5, 0.6) is 0 Å². The molecule has 0 heterocycles. The summed E-state index contributed by atoms with van der Waals surface area (Å²) in [5, 5.41) is 23.9. The van der Waals surface area contributed by atoms with Crippen LogP contribution in [0.1, 0.15) is 29.8 Å². The van der Waals surface area contributed by atoms with Crippen LogP contribution in [0.25, 0.3) is 0 Å². The standard InChI is InChI=1S/C14H22N2O3/c1-9(2)16-14(19)11-5-4-10(3)13(6-11)15-7-12(18)8-17/h4-6,9,12,15,17-18H,7-8H2,1-3H3,(H,16,19). The maximum Gasteiger partial charge on any atom is 0.251 e. The summed E-state index contributed by atoms with van der Waals surface area (Å²) in [6.07, 6.45) is -0.812. The molecular weight excluding hydrogens is 244 g/mol. The summed E-state index contributed by atoms with van der Waals surface area (Å²) in [5.74, 6) is -0.124. The van der Waals surface area contributed by atoms with Gasteiger partial charge in [0.1, 0.15) is 0 Å². The molecule has 1 amide bonds. The van der Waals surface area contributed by atoms with Crippen LogP contribution in [-0.2, 0) is 0 Å². The van der Waals surface area contributed by atoms with E-state index in [4.69, 9.17) is 5.11 Å². The lowest BCUT2D eigenvalue weighted by molar-refractivity contribution is 0.0943. The predicted octanol–water partition coefficient (Wildman–Crippen LogP) is 0.898. The summed E-state index contributed by atoms with van der Waals surface area (Å²) in [5.41, 5.74) is 2.33. The van der Waals surface area contributed by atoms with Gasteiger partial charge in [-0.25, -0.2) is 0 Å². The first-order valence-corrected chi connectivity index (χ1v) is 6.38. The van der Waals surface area contributed by atoms with Crippen LogP contribution in [0.2, 0.25) is 0 Å². The van der Waals surface area contributed by atoms with E-state index in [9.17, 15) is 9.90 Å². The molecule has 0 spiro atoms. The highest BCUT2D eigenvalue weighted by Gasteiger charge is 2.10. The highest BCUT2D eigenvalue weighted by Crippen LogP contribution is 2.17. The molecule has 0 fully saturated rings. The van der Waals surface area contributed by atoms with E-state index in [1.165, 1.54) is 0 Å². The molecule has 5 heteroatoms. The Morgan fingerprint density at radius 1 is 1.37 bits per heavy atom. The second-order valence-electron chi connectivity index (χ2n) is 4.88. The third-order valence-electron chi connectivity index (χ3n) is 2.66. The first kappa shape index (κ1) is 15.5. The van der Waals surface area contributed by atoms with Crippen molar-refractivity contribution >= 4 is 11.6 Å². The number of rotatable bonds is 6. The monoisotopic (exact) mass is 266 g/mol. The lowest BCUT2D eigenvalue weighted by Crippen LogP contribution is -2.30. The zero-order valence-electron chi connectivity index (χ0n) is 11.6. The Labute approximate surface area is 113 Å². The molecule has 1 aromatic rings. The summed E-state index contributed by atoms with van der Waals surface area (Å²) in [6.45, 7) is 5.68. The first-order chi connectivity index (χ1) is 8.93. The van der Waals surface area contributed by atoms with E-state index in [1.807, 2.05) is 26.8 Å². The molecule has 0 aliphatic rings. The van der Waals surface area contributed by atoms with Crippen molar-refractivity contribution in [1.82, 2.24) is 5.32 Å². The summed E-state index contributed by atoms with van der Waals surface area (Å²) >= 11 is 0. The minimum atomic E-state index is -0.812. The number of carbonyl (C=O) groups excluding carboxylic acids is 1. The fraction of sp³-hybridized carbons (Fsp3) is 0.500. The van der Waals surface area contributed by atoms with Gasteiger partial charge in [0.05, 0.1) is 12.7 Å². The number of nitrogens with one attached hydrogen (secondary N) is 2. The quantitative estimate of drug-likeness (QED) is 0.616. The maximum atomic E-state index is 11.9. The summed E-state index contributed by atoms with van der Waals surface area (Å²) in [7, 11) is 0. The van der Waals surface area contributed by atoms with E-state index in [2.05, 4.69) is 10.6 Å². The van der Waals surface area contributed by atoms with Gasteiger partial charge in [0.25, 0.3) is 5.91 Å². The molecule has 4 N–H and O–H groups in total. The van der Waals surface area contributed by atoms with Gasteiger partial charge in [0.15, 0.2) is 0 Å². The Balaban J connectivity index is 2.79. The molecule has 0 saturated carbocycles. The van der Waals surface area contributed by atoms with Crippen molar-refractivity contribution in [3.63, 3.8) is 0 Å². The van der Waals surface area contributed by atoms with Crippen LogP contribution >= 0.6 is 0 Å². The highest BCUT2D eigenvalue weighted by atomic mass is 16.3. The molecule has 1 aromatic carbocycles. The third-order valence-corrected chi connectivity index (χ3v) is 2.66. The molecule has 1 rings (SSSR count). The lowest BCUT2D eigenvalue weighted by Gasteiger charge is -2.14. The summed E-state index contributed by atoms with van der Waals surface area (Å²) in [6, 6.07) is 5.45. The Bertz CT molecular complexity index is 433. The number of hydrogen-bond acceptors (Lipinski definition) is 4. The van der Waals surface area contributed by atoms with Crippen molar-refractivity contribution in [2.45, 2.75) is 32.9 Å². The number of aliphatic hydroxyl groups excluding tert-OH is 2. The molecule has 0 aliphatic carbocycles. The second kappa shape index (κ2) is 7.11. The number of anilines is 1. The smallest absolute Gasteiger partial charge is 0.251 e. The van der Waals surface area contributed by atoms with Crippen molar-refractivity contribution in [2.75, 3.05) is 18.5 Å². The highest BCUT2D eigenvalue weighted by molar-refractivity contribution is 5.95. The molecule has 1 atom stereocenters. The third kappa shape index (κ3) is 4.89. The fourth-order valence-electron chi connectivity index (χ4n) is 1.59. The summed E-state index contributed by atoms with van der Waals surface area (Å²) in [4.78, 5) is 11.9. The van der Waals surface area contributed by atoms with Crippen LogP contribution in [0.3, 0.4) is 0 Å². The zero-order chi connectivity index (χ0) is 14.4. The molecular formula is C14H22N2O3. The van der Waals surface area contributed by atoms with Gasteiger partial charge in [-0.2, -0.15) is 0 Å². The molecule has 5 nitrogen and oxygen atoms in total. The maximum absolute atomic E-state index is 11.9. The molecule has 0 aromatic heterocycles. The SMILES string of the molecule is Cc1ccc(C(=O)NC(C)C)cc1NCC(O)CO. The van der Waals surface area contributed by atoms with E-state index in [1.54, 1.807) is 12.1 Å². The Morgan fingerprint density at radius 2 is 2.05 bits per heavy atom. The Kier molecular flexibility index (Phi) is 5.79. The average molecular weight is 266 g/mol. The number of benzene rings is 1. The van der Waals surface area contributed by atoms with Crippen molar-refractivity contribution in [3.05, 3.63) is 29.3 Å². The Hall–Kier alpha value is -1.59. The van der Waals surface area contributed by atoms with Gasteiger partial charge in [0, 0.05) is 23.8 Å². The van der Waals surface area contributed by atoms with Gasteiger partial charge >= 0.3 is 0 Å². The minimum absolute atomic E-state index is 0.0847. The number of hydrogen-bond donors (Lipinski definition) is 4. The fourth-order valence-corrected chi connectivity index (χ4v) is 1.59. The zero-order valence-corrected chi connectivity index (χ0v) is 11.6. The van der Waals surface area contributed by atoms with Gasteiger partial charge in [-0.1, -0.05) is 6.07 Å². The van der Waals surface area contributed by atoms with Gasteiger partial charge in [-0.05, 0) is 38.5 Å². The van der Waals surface area contributed by atoms with Gasteiger partial charge in [-0.3, -0.25) is 4.79 Å². The van der Waals surface area contributed by atoms with Crippen molar-refractivity contribution < 1.29 is 15.0 Å². The molecule has 19 heavy (non-hydrogen) atoms. The molecule has 0 radical (unpaired) electrons. The average Bonchev–Trinajstić information content (AvgIpc) is 2.36. The molecule has 0 saturated heterocycles. The second-order valence-corrected chi connectivity index (χ2v) is 4.88. The number of aliphatic hydroxyl groups is 2. The van der Waals surface area contributed by atoms with Crippen LogP contribution in [0, 0.1) is 6.92 Å². The van der Waals surface area contributed by atoms with Gasteiger partial charge in [0.2, 0.25) is 0 Å². The number of amides is 1. The van der Waals surface area contributed by atoms with Crippen LogP contribution in [0.4, 0.5) is 5.69 Å². The van der Waals surface area contributed by atoms with Gasteiger partial charge in [-0.15, -0.1) is 0 Å². The summed E-state index contributed by atoms with van der Waals surface area (Å²) < 4.78 is 0. The van der Waals surface area contributed by atoms with Crippen LogP contribution in [-0.4, -0.2) is 41.4 Å². The largest absolute Gasteiger partial charge is 0.394 e. The van der Waals surface area contributed by atoms with Crippen molar-refractivity contribution in [3.8, 4) is 0 Å². The molecule has 0 aliphatic heterocycles. The number of carbonyl (C=O) groups is 1. The lowest BCUT2D eigenvalue weighted by atomic mass is 10.1. The molecule has 0 bridgehead atoms. The predicted molar refractivity (Wildman–Crippen MR) is 75.4 cm³/mol. The van der Waals surface area contributed by atoms with E-state index >= 15 is 0 Å². The topological polar surface area (TPSA) is 81.6 Å². The van der Waals surface area contributed by atoms with Gasteiger partial charge < -0.3 is 20.8 Å². The van der Waals surface area contributed by atoms with Crippen LogP contribution < -0.4 is 10.6 Å². The van der Waals surface area contributed by atoms with E-state index in [0.29, 0.717) is 5.56 Å². The van der Waals surface area contributed by atoms with E-state index in [-0.39, 0.29) is 25.1 Å². The van der Waals surface area contributed by atoms with Crippen molar-refractivity contribution in [1.29, 1.82) is 0 Å². The Morgan fingerprint density at radius 3 is 2.63 bits per heavy atom. The molecule has 106 valence electrons. The first-order valence-electron chi connectivity index (χ1n) is 6.38. The number of aryl methyl sites for hydroxylation is 1. The van der Waals surface area contributed by atoms with Crippen LogP contribution in [0.15, 0.2) is 18.2 Å². The van der Waals surface area contributed by atoms with Crippen molar-refractivity contribution in [2.24, 2.45) is 0 Å². The minimum Gasteiger partial charge on any atom is -0.394 e. The molecule has 1 unspecified atom stereocenters. The normalized spacial score (nSPS) is 12.3. The van der Waals surface area contributed by atoms with E-state index < -0.39 is 6.10 Å².